The Kier molecular flexibility index (Phi) is 7.22. The van der Waals surface area contributed by atoms with E-state index < -0.39 is 23.2 Å². The molecular formula is C7H5AlO5Y+5. The van der Waals surface area contributed by atoms with Gasteiger partial charge in [-0.3, -0.25) is 0 Å². The monoisotopic (exact) mass is 285 g/mol. The molecule has 0 radical (unpaired) electrons. The molecule has 3 N–H and O–H groups in total. The summed E-state index contributed by atoms with van der Waals surface area (Å²) in [5, 5.41) is 36.6. The average molecular weight is 285 g/mol. The third-order valence-corrected chi connectivity index (χ3v) is 1.30. The van der Waals surface area contributed by atoms with Crippen molar-refractivity contribution in [1.82, 2.24) is 0 Å². The van der Waals surface area contributed by atoms with Crippen molar-refractivity contribution in [1.29, 1.82) is 0 Å². The minimum absolute atomic E-state index is 0. The zero-order valence-corrected chi connectivity index (χ0v) is 11.0. The van der Waals surface area contributed by atoms with E-state index in [0.29, 0.717) is 0 Å². The van der Waals surface area contributed by atoms with E-state index in [9.17, 15) is 9.90 Å². The van der Waals surface area contributed by atoms with Crippen molar-refractivity contribution in [3.05, 3.63) is 17.7 Å². The standard InChI is InChI=1S/C7H6O5.Al.Y/c8-4-1-3(7(11)12)2-5(9)6(4)10;;/h1-2,8-10H,(H,11,12);;/q;2*+3/p-1. The Hall–Kier alpha value is -0.274. The van der Waals surface area contributed by atoms with Gasteiger partial charge in [0.15, 0.2) is 0 Å². The first-order valence-electron chi connectivity index (χ1n) is 2.98. The van der Waals surface area contributed by atoms with Crippen molar-refractivity contribution < 1.29 is 57.9 Å². The maximum atomic E-state index is 10.7. The Bertz CT molecular complexity index is 318. The summed E-state index contributed by atoms with van der Waals surface area (Å²) in [6, 6.07) is 1.56. The molecule has 0 aromatic heterocycles. The number of phenolic OH excluding ortho intramolecular Hbond substituents is 2. The molecule has 0 heterocycles. The molecule has 0 saturated carbocycles. The molecule has 14 heavy (non-hydrogen) atoms. The summed E-state index contributed by atoms with van der Waals surface area (Å²) in [5.74, 6) is -3.83. The fourth-order valence-corrected chi connectivity index (χ4v) is 0.722. The van der Waals surface area contributed by atoms with Crippen molar-refractivity contribution in [2.45, 2.75) is 0 Å². The zero-order valence-electron chi connectivity index (χ0n) is 6.97. The number of aromatic hydroxyl groups is 2. The summed E-state index contributed by atoms with van der Waals surface area (Å²) in [6.45, 7) is 0. The van der Waals surface area contributed by atoms with Gasteiger partial charge in [0.05, 0.1) is 5.56 Å². The minimum Gasteiger partial charge on any atom is -0.867 e. The van der Waals surface area contributed by atoms with E-state index in [1.54, 1.807) is 0 Å². The van der Waals surface area contributed by atoms with Crippen molar-refractivity contribution in [2.75, 3.05) is 0 Å². The molecule has 1 aromatic carbocycles. The number of hydrogen-bond donors (Lipinski definition) is 3. The SMILES string of the molecule is O=C(O)c1cc(O)c([O-])c(O)c1.[Al+3].[Y+3]. The molecule has 0 saturated heterocycles. The molecule has 0 aliphatic rings. The van der Waals surface area contributed by atoms with Gasteiger partial charge < -0.3 is 20.4 Å². The summed E-state index contributed by atoms with van der Waals surface area (Å²) in [6.07, 6.45) is 0. The fourth-order valence-electron chi connectivity index (χ4n) is 0.722. The van der Waals surface area contributed by atoms with Gasteiger partial charge in [-0.2, -0.15) is 0 Å². The molecule has 1 aromatic rings. The number of carboxylic acid groups (broad SMARTS) is 1. The maximum Gasteiger partial charge on any atom is 3.00 e. The summed E-state index contributed by atoms with van der Waals surface area (Å²) < 4.78 is 0. The second kappa shape index (κ2) is 6.26. The number of phenols is 2. The van der Waals surface area contributed by atoms with Crippen molar-refractivity contribution >= 4 is 23.3 Å². The van der Waals surface area contributed by atoms with Crippen molar-refractivity contribution in [3.63, 3.8) is 0 Å². The number of benzene rings is 1. The Morgan fingerprint density at radius 2 is 1.57 bits per heavy atom. The van der Waals surface area contributed by atoms with Gasteiger partial charge in [0, 0.05) is 0 Å². The Morgan fingerprint density at radius 1 is 1.21 bits per heavy atom. The number of carbonyl (C=O) groups is 1. The van der Waals surface area contributed by atoms with Crippen LogP contribution in [0.1, 0.15) is 10.4 Å². The molecule has 0 amide bonds. The average Bonchev–Trinajstić information content (AvgIpc) is 1.99. The maximum absolute atomic E-state index is 10.7. The summed E-state index contributed by atoms with van der Waals surface area (Å²) >= 11 is 0. The van der Waals surface area contributed by atoms with Crippen LogP contribution in [-0.4, -0.2) is 38.6 Å². The van der Waals surface area contributed by atoms with Crippen LogP contribution in [0.2, 0.25) is 0 Å². The Labute approximate surface area is 115 Å². The molecule has 1 rings (SSSR count). The number of rotatable bonds is 1. The number of aromatic carboxylic acids is 1. The normalized spacial score (nSPS) is 8.29. The van der Waals surface area contributed by atoms with E-state index in [4.69, 9.17) is 15.3 Å². The van der Waals surface area contributed by atoms with E-state index in [1.165, 1.54) is 0 Å². The van der Waals surface area contributed by atoms with Gasteiger partial charge in [0.2, 0.25) is 0 Å². The van der Waals surface area contributed by atoms with Gasteiger partial charge in [0.1, 0.15) is 11.5 Å². The quantitative estimate of drug-likeness (QED) is 0.603. The van der Waals surface area contributed by atoms with Crippen LogP contribution in [0.5, 0.6) is 17.2 Å². The van der Waals surface area contributed by atoms with Crippen LogP contribution < -0.4 is 5.11 Å². The Balaban J connectivity index is 0. The van der Waals surface area contributed by atoms with E-state index in [-0.39, 0.29) is 55.6 Å². The van der Waals surface area contributed by atoms with Crippen LogP contribution in [0, 0.1) is 0 Å². The predicted octanol–water partition coefficient (Wildman–Crippen LogP) is -0.514. The second-order valence-electron chi connectivity index (χ2n) is 2.15. The minimum atomic E-state index is -1.32. The van der Waals surface area contributed by atoms with Gasteiger partial charge in [-0.05, 0) is 17.9 Å². The molecule has 0 spiro atoms. The summed E-state index contributed by atoms with van der Waals surface area (Å²) in [7, 11) is 0. The second-order valence-corrected chi connectivity index (χ2v) is 2.15. The molecule has 0 bridgehead atoms. The molecule has 0 aliphatic heterocycles. The smallest absolute Gasteiger partial charge is 0.867 e. The zero-order chi connectivity index (χ0) is 9.30. The van der Waals surface area contributed by atoms with Gasteiger partial charge >= 0.3 is 56.0 Å². The summed E-state index contributed by atoms with van der Waals surface area (Å²) in [4.78, 5) is 10.3. The van der Waals surface area contributed by atoms with E-state index in [0.717, 1.165) is 12.1 Å². The van der Waals surface area contributed by atoms with Crippen LogP contribution in [-0.2, 0) is 32.7 Å². The first-order chi connectivity index (χ1) is 5.52. The first kappa shape index (κ1) is 16.2. The predicted molar refractivity (Wildman–Crippen MR) is 41.9 cm³/mol. The number of carboxylic acids is 1. The fraction of sp³-hybridized carbons (Fsp3) is 0. The summed E-state index contributed by atoms with van der Waals surface area (Å²) in [5.41, 5.74) is -0.329. The van der Waals surface area contributed by atoms with E-state index >= 15 is 0 Å². The molecular weight excluding hydrogens is 280 g/mol. The first-order valence-corrected chi connectivity index (χ1v) is 2.98. The van der Waals surface area contributed by atoms with Crippen LogP contribution >= 0.6 is 0 Å². The van der Waals surface area contributed by atoms with E-state index in [2.05, 4.69) is 0 Å². The topological polar surface area (TPSA) is 101 Å². The van der Waals surface area contributed by atoms with Crippen LogP contribution in [0.4, 0.5) is 0 Å². The van der Waals surface area contributed by atoms with Gasteiger partial charge in [-0.1, -0.05) is 0 Å². The number of hydrogen-bond acceptors (Lipinski definition) is 4. The van der Waals surface area contributed by atoms with Crippen molar-refractivity contribution in [2.24, 2.45) is 0 Å². The Morgan fingerprint density at radius 3 is 1.86 bits per heavy atom. The van der Waals surface area contributed by atoms with Gasteiger partial charge in [0.25, 0.3) is 0 Å². The van der Waals surface area contributed by atoms with Crippen LogP contribution in [0.15, 0.2) is 12.1 Å². The van der Waals surface area contributed by atoms with Crippen LogP contribution in [0.25, 0.3) is 0 Å². The molecule has 0 aliphatic carbocycles. The molecule has 0 atom stereocenters. The van der Waals surface area contributed by atoms with E-state index in [1.807, 2.05) is 0 Å². The third kappa shape index (κ3) is 3.47. The van der Waals surface area contributed by atoms with Gasteiger partial charge in [-0.15, -0.1) is 0 Å². The molecule has 7 heteroatoms. The molecule has 5 nitrogen and oxygen atoms in total. The third-order valence-electron chi connectivity index (χ3n) is 1.30. The largest absolute Gasteiger partial charge is 3.00 e. The van der Waals surface area contributed by atoms with Gasteiger partial charge in [-0.25, -0.2) is 4.79 Å². The van der Waals surface area contributed by atoms with Crippen LogP contribution in [0.3, 0.4) is 0 Å². The molecule has 64 valence electrons. The molecule has 0 unspecified atom stereocenters. The molecule has 0 fully saturated rings. The van der Waals surface area contributed by atoms with Crippen molar-refractivity contribution in [3.8, 4) is 17.2 Å².